The minimum Gasteiger partial charge on any atom is -0.443 e. The zero-order chi connectivity index (χ0) is 14.8. The molecule has 1 N–H and O–H groups in total. The third-order valence-electron chi connectivity index (χ3n) is 2.73. The fraction of sp³-hybridized carbons (Fsp3) is 0.308. The second-order valence-electron chi connectivity index (χ2n) is 4.07. The van der Waals surface area contributed by atoms with Gasteiger partial charge in [0.2, 0.25) is 0 Å². The Hall–Kier alpha value is -1.89. The monoisotopic (exact) mass is 288 g/mol. The average Bonchev–Trinajstić information content (AvgIpc) is 2.83. The quantitative estimate of drug-likeness (QED) is 0.873. The molecule has 0 atom stereocenters. The van der Waals surface area contributed by atoms with Crippen molar-refractivity contribution in [2.45, 2.75) is 19.6 Å². The van der Waals surface area contributed by atoms with Gasteiger partial charge in [0.15, 0.2) is 12.2 Å². The van der Waals surface area contributed by atoms with Crippen molar-refractivity contribution in [2.75, 3.05) is 6.54 Å². The molecule has 0 saturated carbocycles. The first-order valence-corrected chi connectivity index (χ1v) is 5.94. The molecule has 0 amide bonds. The SMILES string of the molecule is CCNCc1ncoc1-c1cccc(C(F)(F)F)c1F. The van der Waals surface area contributed by atoms with Crippen molar-refractivity contribution in [3.8, 4) is 11.3 Å². The van der Waals surface area contributed by atoms with Crippen LogP contribution in [0.1, 0.15) is 18.2 Å². The molecule has 0 aliphatic rings. The summed E-state index contributed by atoms with van der Waals surface area (Å²) >= 11 is 0. The second kappa shape index (κ2) is 5.62. The number of benzene rings is 1. The standard InChI is InChI=1S/C13H12F4N2O/c1-2-18-6-10-12(20-7-19-10)8-4-3-5-9(11(8)14)13(15,16)17/h3-5,7,18H,2,6H2,1H3. The van der Waals surface area contributed by atoms with Gasteiger partial charge in [0.25, 0.3) is 0 Å². The third kappa shape index (κ3) is 2.82. The highest BCUT2D eigenvalue weighted by atomic mass is 19.4. The fourth-order valence-corrected chi connectivity index (χ4v) is 1.78. The minimum absolute atomic E-state index is 0.00884. The van der Waals surface area contributed by atoms with E-state index in [1.54, 1.807) is 0 Å². The smallest absolute Gasteiger partial charge is 0.419 e. The number of hydrogen-bond acceptors (Lipinski definition) is 3. The van der Waals surface area contributed by atoms with E-state index in [0.717, 1.165) is 12.5 Å². The summed E-state index contributed by atoms with van der Waals surface area (Å²) in [5.74, 6) is -1.34. The molecule has 108 valence electrons. The topological polar surface area (TPSA) is 38.1 Å². The normalized spacial score (nSPS) is 11.8. The van der Waals surface area contributed by atoms with Gasteiger partial charge >= 0.3 is 6.18 Å². The lowest BCUT2D eigenvalue weighted by Crippen LogP contribution is -2.13. The van der Waals surface area contributed by atoms with E-state index in [0.29, 0.717) is 18.3 Å². The zero-order valence-corrected chi connectivity index (χ0v) is 10.6. The Morgan fingerprint density at radius 3 is 2.70 bits per heavy atom. The number of nitrogens with zero attached hydrogens (tertiary/aromatic N) is 1. The summed E-state index contributed by atoms with van der Waals surface area (Å²) in [6, 6.07) is 3.07. The molecule has 0 aliphatic heterocycles. The Bertz CT molecular complexity index is 592. The Balaban J connectivity index is 2.46. The maximum atomic E-state index is 14.0. The van der Waals surface area contributed by atoms with E-state index in [4.69, 9.17) is 4.42 Å². The number of halogens is 4. The molecular formula is C13H12F4N2O. The first-order valence-electron chi connectivity index (χ1n) is 5.94. The third-order valence-corrected chi connectivity index (χ3v) is 2.73. The van der Waals surface area contributed by atoms with Crippen LogP contribution in [0.5, 0.6) is 0 Å². The summed E-state index contributed by atoms with van der Waals surface area (Å²) in [4.78, 5) is 3.89. The van der Waals surface area contributed by atoms with E-state index in [1.165, 1.54) is 6.07 Å². The summed E-state index contributed by atoms with van der Waals surface area (Å²) < 4.78 is 57.1. The summed E-state index contributed by atoms with van der Waals surface area (Å²) in [5.41, 5.74) is -1.20. The minimum atomic E-state index is -4.75. The van der Waals surface area contributed by atoms with Crippen LogP contribution in [-0.2, 0) is 12.7 Å². The van der Waals surface area contributed by atoms with Gasteiger partial charge in [-0.05, 0) is 18.7 Å². The summed E-state index contributed by atoms with van der Waals surface area (Å²) in [6.07, 6.45) is -3.66. The van der Waals surface area contributed by atoms with Gasteiger partial charge < -0.3 is 9.73 Å². The van der Waals surface area contributed by atoms with E-state index in [-0.39, 0.29) is 17.9 Å². The number of rotatable bonds is 4. The Labute approximate surface area is 112 Å². The van der Waals surface area contributed by atoms with Crippen molar-refractivity contribution in [1.82, 2.24) is 10.3 Å². The van der Waals surface area contributed by atoms with Gasteiger partial charge in [-0.15, -0.1) is 0 Å². The molecule has 0 fully saturated rings. The molecule has 0 aliphatic carbocycles. The molecule has 3 nitrogen and oxygen atoms in total. The van der Waals surface area contributed by atoms with Crippen LogP contribution in [-0.4, -0.2) is 11.5 Å². The van der Waals surface area contributed by atoms with Gasteiger partial charge in [0.1, 0.15) is 11.5 Å². The molecular weight excluding hydrogens is 276 g/mol. The van der Waals surface area contributed by atoms with Crippen LogP contribution in [0.2, 0.25) is 0 Å². The highest BCUT2D eigenvalue weighted by Crippen LogP contribution is 2.36. The largest absolute Gasteiger partial charge is 0.443 e. The number of oxazole rings is 1. The molecule has 2 aromatic rings. The number of alkyl halides is 3. The van der Waals surface area contributed by atoms with Gasteiger partial charge in [-0.25, -0.2) is 9.37 Å². The molecule has 7 heteroatoms. The molecule has 0 spiro atoms. The lowest BCUT2D eigenvalue weighted by molar-refractivity contribution is -0.139. The second-order valence-corrected chi connectivity index (χ2v) is 4.07. The average molecular weight is 288 g/mol. The van der Waals surface area contributed by atoms with Gasteiger partial charge in [0, 0.05) is 6.54 Å². The highest BCUT2D eigenvalue weighted by molar-refractivity contribution is 5.62. The van der Waals surface area contributed by atoms with Crippen LogP contribution in [0.4, 0.5) is 17.6 Å². The van der Waals surface area contributed by atoms with Crippen molar-refractivity contribution < 1.29 is 22.0 Å². The summed E-state index contributed by atoms with van der Waals surface area (Å²) in [6.45, 7) is 2.81. The fourth-order valence-electron chi connectivity index (χ4n) is 1.78. The molecule has 0 saturated heterocycles. The van der Waals surface area contributed by atoms with Gasteiger partial charge in [-0.1, -0.05) is 13.0 Å². The molecule has 1 aromatic carbocycles. The lowest BCUT2D eigenvalue weighted by atomic mass is 10.1. The van der Waals surface area contributed by atoms with Gasteiger partial charge in [-0.3, -0.25) is 0 Å². The van der Waals surface area contributed by atoms with Crippen molar-refractivity contribution in [3.63, 3.8) is 0 Å². The van der Waals surface area contributed by atoms with E-state index in [9.17, 15) is 17.6 Å². The number of hydrogen-bond donors (Lipinski definition) is 1. The summed E-state index contributed by atoms with van der Waals surface area (Å²) in [7, 11) is 0. The van der Waals surface area contributed by atoms with E-state index < -0.39 is 17.6 Å². The lowest BCUT2D eigenvalue weighted by Gasteiger charge is -2.10. The molecule has 0 unspecified atom stereocenters. The van der Waals surface area contributed by atoms with Crippen LogP contribution in [0, 0.1) is 5.82 Å². The van der Waals surface area contributed by atoms with Crippen LogP contribution >= 0.6 is 0 Å². The Kier molecular flexibility index (Phi) is 4.08. The molecule has 2 rings (SSSR count). The molecule has 20 heavy (non-hydrogen) atoms. The van der Waals surface area contributed by atoms with Crippen molar-refractivity contribution in [1.29, 1.82) is 0 Å². The highest BCUT2D eigenvalue weighted by Gasteiger charge is 2.35. The zero-order valence-electron chi connectivity index (χ0n) is 10.6. The molecule has 0 bridgehead atoms. The first kappa shape index (κ1) is 14.5. The first-order chi connectivity index (χ1) is 9.45. The van der Waals surface area contributed by atoms with Crippen LogP contribution in [0.3, 0.4) is 0 Å². The Morgan fingerprint density at radius 1 is 1.30 bits per heavy atom. The van der Waals surface area contributed by atoms with E-state index in [1.807, 2.05) is 6.92 Å². The maximum absolute atomic E-state index is 14.0. The number of aromatic nitrogens is 1. The van der Waals surface area contributed by atoms with Gasteiger partial charge in [-0.2, -0.15) is 13.2 Å². The van der Waals surface area contributed by atoms with Gasteiger partial charge in [0.05, 0.1) is 11.1 Å². The Morgan fingerprint density at radius 2 is 2.05 bits per heavy atom. The van der Waals surface area contributed by atoms with E-state index >= 15 is 0 Å². The van der Waals surface area contributed by atoms with Crippen molar-refractivity contribution >= 4 is 0 Å². The van der Waals surface area contributed by atoms with Crippen molar-refractivity contribution in [2.24, 2.45) is 0 Å². The molecule has 0 radical (unpaired) electrons. The van der Waals surface area contributed by atoms with Crippen LogP contribution < -0.4 is 5.32 Å². The van der Waals surface area contributed by atoms with Crippen LogP contribution in [0.15, 0.2) is 29.0 Å². The number of nitrogens with one attached hydrogen (secondary N) is 1. The predicted molar refractivity (Wildman–Crippen MR) is 64.3 cm³/mol. The van der Waals surface area contributed by atoms with Crippen molar-refractivity contribution in [3.05, 3.63) is 41.7 Å². The van der Waals surface area contributed by atoms with E-state index in [2.05, 4.69) is 10.3 Å². The molecule has 1 aromatic heterocycles. The maximum Gasteiger partial charge on any atom is 0.419 e. The molecule has 1 heterocycles. The van der Waals surface area contributed by atoms with Crippen LogP contribution in [0.25, 0.3) is 11.3 Å². The summed E-state index contributed by atoms with van der Waals surface area (Å²) in [5, 5.41) is 2.96. The predicted octanol–water partition coefficient (Wildman–Crippen LogP) is 3.61.